The standard InChI is InChI=1S/C32H32N2O/c1-19-16-20(2)29(21(3)17-19)27-14-11-23-9-8-22-10-13-26(33-30(22)31(23)34-27)24-12-15-28(35-7)25(18-24)32(4,5)6/h8-18H,1-7H3. The molecule has 176 valence electrons. The van der Waals surface area contributed by atoms with Crippen molar-refractivity contribution in [2.45, 2.75) is 47.0 Å². The maximum atomic E-state index is 5.64. The Bertz CT molecular complexity index is 1570. The van der Waals surface area contributed by atoms with Crippen LogP contribution in [-0.4, -0.2) is 17.1 Å². The van der Waals surface area contributed by atoms with E-state index >= 15 is 0 Å². The number of ether oxygens (including phenoxy) is 1. The van der Waals surface area contributed by atoms with E-state index in [2.05, 4.69) is 102 Å². The van der Waals surface area contributed by atoms with E-state index in [0.717, 1.165) is 44.5 Å². The third-order valence-electron chi connectivity index (χ3n) is 6.76. The van der Waals surface area contributed by atoms with Crippen molar-refractivity contribution >= 4 is 21.8 Å². The molecule has 0 aliphatic heterocycles. The van der Waals surface area contributed by atoms with Crippen LogP contribution in [0.5, 0.6) is 5.75 Å². The molecule has 0 radical (unpaired) electrons. The number of fused-ring (bicyclic) bond motifs is 3. The van der Waals surface area contributed by atoms with Gasteiger partial charge in [-0.3, -0.25) is 0 Å². The lowest BCUT2D eigenvalue weighted by Gasteiger charge is -2.23. The number of aryl methyl sites for hydroxylation is 3. The van der Waals surface area contributed by atoms with E-state index in [1.165, 1.54) is 27.8 Å². The maximum absolute atomic E-state index is 5.64. The van der Waals surface area contributed by atoms with Crippen molar-refractivity contribution in [1.29, 1.82) is 0 Å². The summed E-state index contributed by atoms with van der Waals surface area (Å²) in [4.78, 5) is 10.3. The van der Waals surface area contributed by atoms with E-state index < -0.39 is 0 Å². The van der Waals surface area contributed by atoms with E-state index in [4.69, 9.17) is 14.7 Å². The minimum Gasteiger partial charge on any atom is -0.496 e. The predicted octanol–water partition coefficient (Wildman–Crippen LogP) is 8.35. The molecular weight excluding hydrogens is 428 g/mol. The number of pyridine rings is 2. The second-order valence-corrected chi connectivity index (χ2v) is 10.5. The van der Waals surface area contributed by atoms with Gasteiger partial charge in [0.2, 0.25) is 0 Å². The number of benzene rings is 3. The van der Waals surface area contributed by atoms with Gasteiger partial charge in [0.15, 0.2) is 0 Å². The Labute approximate surface area is 207 Å². The van der Waals surface area contributed by atoms with Gasteiger partial charge in [-0.05, 0) is 67.6 Å². The van der Waals surface area contributed by atoms with E-state index in [-0.39, 0.29) is 5.41 Å². The summed E-state index contributed by atoms with van der Waals surface area (Å²) in [7, 11) is 1.73. The zero-order valence-electron chi connectivity index (χ0n) is 21.7. The third kappa shape index (κ3) is 4.16. The lowest BCUT2D eigenvalue weighted by molar-refractivity contribution is 0.397. The largest absolute Gasteiger partial charge is 0.496 e. The Morgan fingerprint density at radius 1 is 0.657 bits per heavy atom. The lowest BCUT2D eigenvalue weighted by atomic mass is 9.85. The summed E-state index contributed by atoms with van der Waals surface area (Å²) in [5, 5.41) is 2.19. The Kier molecular flexibility index (Phi) is 5.59. The molecular formula is C32H32N2O. The molecule has 0 unspecified atom stereocenters. The van der Waals surface area contributed by atoms with Crippen LogP contribution in [0.15, 0.2) is 66.7 Å². The van der Waals surface area contributed by atoms with E-state index in [0.29, 0.717) is 0 Å². The van der Waals surface area contributed by atoms with Gasteiger partial charge in [0.05, 0.1) is 29.5 Å². The molecule has 3 aromatic carbocycles. The monoisotopic (exact) mass is 460 g/mol. The van der Waals surface area contributed by atoms with Crippen LogP contribution in [0.25, 0.3) is 44.3 Å². The van der Waals surface area contributed by atoms with E-state index in [9.17, 15) is 0 Å². The first-order valence-corrected chi connectivity index (χ1v) is 12.1. The fraction of sp³-hybridized carbons (Fsp3) is 0.250. The first-order chi connectivity index (χ1) is 16.7. The number of aromatic nitrogens is 2. The fourth-order valence-corrected chi connectivity index (χ4v) is 5.11. The number of methoxy groups -OCH3 is 1. The minimum absolute atomic E-state index is 0.0366. The Morgan fingerprint density at radius 3 is 1.77 bits per heavy atom. The molecule has 0 amide bonds. The van der Waals surface area contributed by atoms with Crippen LogP contribution >= 0.6 is 0 Å². The topological polar surface area (TPSA) is 35.0 Å². The molecule has 5 rings (SSSR count). The highest BCUT2D eigenvalue weighted by Crippen LogP contribution is 2.36. The van der Waals surface area contributed by atoms with Crippen molar-refractivity contribution in [2.75, 3.05) is 7.11 Å². The number of rotatable bonds is 3. The van der Waals surface area contributed by atoms with Crippen LogP contribution in [0.1, 0.15) is 43.0 Å². The molecule has 0 atom stereocenters. The van der Waals surface area contributed by atoms with Gasteiger partial charge in [0, 0.05) is 27.5 Å². The van der Waals surface area contributed by atoms with Crippen molar-refractivity contribution in [1.82, 2.24) is 9.97 Å². The van der Waals surface area contributed by atoms with Crippen LogP contribution in [0.2, 0.25) is 0 Å². The molecule has 2 aromatic heterocycles. The highest BCUT2D eigenvalue weighted by molar-refractivity contribution is 6.04. The van der Waals surface area contributed by atoms with Crippen molar-refractivity contribution in [3.63, 3.8) is 0 Å². The average molecular weight is 461 g/mol. The Hall–Kier alpha value is -3.72. The first-order valence-electron chi connectivity index (χ1n) is 12.1. The summed E-state index contributed by atoms with van der Waals surface area (Å²) in [5.41, 5.74) is 11.0. The van der Waals surface area contributed by atoms with Crippen LogP contribution in [-0.2, 0) is 5.41 Å². The Balaban J connectivity index is 1.72. The van der Waals surface area contributed by atoms with Gasteiger partial charge in [0.25, 0.3) is 0 Å². The molecule has 0 aliphatic carbocycles. The van der Waals surface area contributed by atoms with Crippen molar-refractivity contribution in [3.05, 3.63) is 89.0 Å². The Morgan fingerprint density at radius 2 is 1.20 bits per heavy atom. The van der Waals surface area contributed by atoms with Gasteiger partial charge in [-0.2, -0.15) is 0 Å². The summed E-state index contributed by atoms with van der Waals surface area (Å²) in [5.74, 6) is 0.905. The number of nitrogens with zero attached hydrogens (tertiary/aromatic N) is 2. The van der Waals surface area contributed by atoms with Crippen molar-refractivity contribution < 1.29 is 4.74 Å². The van der Waals surface area contributed by atoms with Crippen LogP contribution < -0.4 is 4.74 Å². The van der Waals surface area contributed by atoms with Gasteiger partial charge in [-0.25, -0.2) is 9.97 Å². The molecule has 5 aromatic rings. The summed E-state index contributed by atoms with van der Waals surface area (Å²) < 4.78 is 5.64. The maximum Gasteiger partial charge on any atom is 0.122 e. The molecule has 2 heterocycles. The van der Waals surface area contributed by atoms with Crippen molar-refractivity contribution in [2.24, 2.45) is 0 Å². The number of hydrogen-bond acceptors (Lipinski definition) is 3. The molecule has 35 heavy (non-hydrogen) atoms. The summed E-state index contributed by atoms with van der Waals surface area (Å²) in [6, 6.07) is 23.6. The summed E-state index contributed by atoms with van der Waals surface area (Å²) in [6.07, 6.45) is 0. The van der Waals surface area contributed by atoms with Crippen molar-refractivity contribution in [3.8, 4) is 28.3 Å². The molecule has 0 spiro atoms. The van der Waals surface area contributed by atoms with Crippen LogP contribution in [0, 0.1) is 20.8 Å². The predicted molar refractivity (Wildman–Crippen MR) is 147 cm³/mol. The van der Waals surface area contributed by atoms with Gasteiger partial charge >= 0.3 is 0 Å². The molecule has 3 heteroatoms. The summed E-state index contributed by atoms with van der Waals surface area (Å²) >= 11 is 0. The van der Waals surface area contributed by atoms with Gasteiger partial charge < -0.3 is 4.74 Å². The van der Waals surface area contributed by atoms with E-state index in [1.807, 2.05) is 6.07 Å². The lowest BCUT2D eigenvalue weighted by Crippen LogP contribution is -2.13. The fourth-order valence-electron chi connectivity index (χ4n) is 5.11. The van der Waals surface area contributed by atoms with Crippen LogP contribution in [0.3, 0.4) is 0 Å². The molecule has 0 saturated carbocycles. The quantitative estimate of drug-likeness (QED) is 0.254. The second-order valence-electron chi connectivity index (χ2n) is 10.5. The van der Waals surface area contributed by atoms with Gasteiger partial charge in [-0.15, -0.1) is 0 Å². The smallest absolute Gasteiger partial charge is 0.122 e. The average Bonchev–Trinajstić information content (AvgIpc) is 2.82. The zero-order valence-corrected chi connectivity index (χ0v) is 21.7. The minimum atomic E-state index is -0.0366. The molecule has 0 N–H and O–H groups in total. The third-order valence-corrected chi connectivity index (χ3v) is 6.76. The van der Waals surface area contributed by atoms with Gasteiger partial charge in [-0.1, -0.05) is 62.7 Å². The SMILES string of the molecule is COc1ccc(-c2ccc3ccc4ccc(-c5c(C)cc(C)cc5C)nc4c3n2)cc1C(C)(C)C. The molecule has 0 saturated heterocycles. The van der Waals surface area contributed by atoms with E-state index in [1.54, 1.807) is 7.11 Å². The molecule has 0 fully saturated rings. The zero-order chi connectivity index (χ0) is 24.9. The highest BCUT2D eigenvalue weighted by atomic mass is 16.5. The first kappa shape index (κ1) is 23.0. The normalized spacial score (nSPS) is 11.9. The molecule has 3 nitrogen and oxygen atoms in total. The summed E-state index contributed by atoms with van der Waals surface area (Å²) in [6.45, 7) is 13.1. The second kappa shape index (κ2) is 8.49. The number of hydrogen-bond donors (Lipinski definition) is 0. The van der Waals surface area contributed by atoms with Crippen LogP contribution in [0.4, 0.5) is 0 Å². The molecule has 0 bridgehead atoms. The van der Waals surface area contributed by atoms with Gasteiger partial charge in [0.1, 0.15) is 5.75 Å². The highest BCUT2D eigenvalue weighted by Gasteiger charge is 2.20. The molecule has 0 aliphatic rings.